The molecule has 1 aliphatic heterocycles. The molecule has 0 bridgehead atoms. The van der Waals surface area contributed by atoms with E-state index < -0.39 is 0 Å². The summed E-state index contributed by atoms with van der Waals surface area (Å²) in [5.74, 6) is 2.24. The van der Waals surface area contributed by atoms with Crippen LogP contribution in [0.2, 0.25) is 0 Å². The van der Waals surface area contributed by atoms with Crippen molar-refractivity contribution in [2.75, 3.05) is 25.1 Å². The third-order valence-corrected chi connectivity index (χ3v) is 4.08. The Bertz CT molecular complexity index is 549. The summed E-state index contributed by atoms with van der Waals surface area (Å²) in [5.41, 5.74) is 0. The summed E-state index contributed by atoms with van der Waals surface area (Å²) in [6.07, 6.45) is 10.8. The fourth-order valence-corrected chi connectivity index (χ4v) is 2.86. The minimum atomic E-state index is 0.618. The standard InChI is InChI=1S/C15H21N5O/c1-21-15-14(16-7-8-17-15)19-10-3-13(4-11-19)5-12-20-9-2-6-18-20/h2,6-9,13H,3-5,10-12H2,1H3. The normalized spacial score (nSPS) is 16.1. The first-order valence-electron chi connectivity index (χ1n) is 7.44. The SMILES string of the molecule is COc1nccnc1N1CCC(CCn2cccn2)CC1. The first kappa shape index (κ1) is 13.9. The highest BCUT2D eigenvalue weighted by atomic mass is 16.5. The number of rotatable bonds is 5. The molecule has 6 nitrogen and oxygen atoms in total. The lowest BCUT2D eigenvalue weighted by Gasteiger charge is -2.33. The van der Waals surface area contributed by atoms with Crippen molar-refractivity contribution in [3.05, 3.63) is 30.9 Å². The first-order valence-corrected chi connectivity index (χ1v) is 7.44. The minimum Gasteiger partial charge on any atom is -0.478 e. The Labute approximate surface area is 124 Å². The summed E-state index contributed by atoms with van der Waals surface area (Å²) < 4.78 is 7.31. The van der Waals surface area contributed by atoms with E-state index in [2.05, 4.69) is 20.0 Å². The Kier molecular flexibility index (Phi) is 4.33. The van der Waals surface area contributed by atoms with Gasteiger partial charge in [-0.15, -0.1) is 0 Å². The van der Waals surface area contributed by atoms with Crippen LogP contribution in [-0.2, 0) is 6.54 Å². The lowest BCUT2D eigenvalue weighted by Crippen LogP contribution is -2.35. The van der Waals surface area contributed by atoms with Gasteiger partial charge in [-0.3, -0.25) is 4.68 Å². The fourth-order valence-electron chi connectivity index (χ4n) is 2.86. The Balaban J connectivity index is 1.53. The van der Waals surface area contributed by atoms with Crippen molar-refractivity contribution >= 4 is 5.82 Å². The van der Waals surface area contributed by atoms with E-state index in [9.17, 15) is 0 Å². The predicted octanol–water partition coefficient (Wildman–Crippen LogP) is 1.99. The monoisotopic (exact) mass is 287 g/mol. The van der Waals surface area contributed by atoms with Gasteiger partial charge in [0.2, 0.25) is 0 Å². The maximum atomic E-state index is 5.29. The van der Waals surface area contributed by atoms with E-state index in [0.29, 0.717) is 5.88 Å². The van der Waals surface area contributed by atoms with E-state index >= 15 is 0 Å². The molecule has 0 aliphatic carbocycles. The molecule has 1 fully saturated rings. The molecule has 3 heterocycles. The highest BCUT2D eigenvalue weighted by Gasteiger charge is 2.22. The second-order valence-electron chi connectivity index (χ2n) is 5.38. The third-order valence-electron chi connectivity index (χ3n) is 4.08. The summed E-state index contributed by atoms with van der Waals surface area (Å²) in [5, 5.41) is 4.26. The summed E-state index contributed by atoms with van der Waals surface area (Å²) in [7, 11) is 1.64. The van der Waals surface area contributed by atoms with Crippen molar-refractivity contribution < 1.29 is 4.74 Å². The highest BCUT2D eigenvalue weighted by molar-refractivity contribution is 5.47. The summed E-state index contributed by atoms with van der Waals surface area (Å²) in [4.78, 5) is 10.9. The number of ether oxygens (including phenoxy) is 1. The summed E-state index contributed by atoms with van der Waals surface area (Å²) in [6.45, 7) is 3.03. The van der Waals surface area contributed by atoms with Gasteiger partial charge in [0.1, 0.15) is 0 Å². The Hall–Kier alpha value is -2.11. The van der Waals surface area contributed by atoms with Gasteiger partial charge in [-0.05, 0) is 31.2 Å². The zero-order valence-electron chi connectivity index (χ0n) is 12.4. The molecule has 0 aromatic carbocycles. The minimum absolute atomic E-state index is 0.618. The predicted molar refractivity (Wildman–Crippen MR) is 80.4 cm³/mol. The van der Waals surface area contributed by atoms with E-state index in [-0.39, 0.29) is 0 Å². The van der Waals surface area contributed by atoms with Crippen molar-refractivity contribution in [2.45, 2.75) is 25.8 Å². The number of aryl methyl sites for hydroxylation is 1. The number of hydrogen-bond donors (Lipinski definition) is 0. The maximum Gasteiger partial charge on any atom is 0.257 e. The van der Waals surface area contributed by atoms with Gasteiger partial charge >= 0.3 is 0 Å². The smallest absolute Gasteiger partial charge is 0.257 e. The number of piperidine rings is 1. The number of anilines is 1. The van der Waals surface area contributed by atoms with Crippen LogP contribution >= 0.6 is 0 Å². The lowest BCUT2D eigenvalue weighted by molar-refractivity contribution is 0.347. The zero-order chi connectivity index (χ0) is 14.5. The van der Waals surface area contributed by atoms with Crippen molar-refractivity contribution in [1.29, 1.82) is 0 Å². The molecule has 0 saturated carbocycles. The van der Waals surface area contributed by atoms with Crippen LogP contribution in [0, 0.1) is 5.92 Å². The molecule has 0 radical (unpaired) electrons. The van der Waals surface area contributed by atoms with Crippen LogP contribution in [0.3, 0.4) is 0 Å². The Morgan fingerprint density at radius 1 is 1.19 bits per heavy atom. The number of aromatic nitrogens is 4. The molecule has 0 spiro atoms. The molecule has 0 amide bonds. The van der Waals surface area contributed by atoms with Crippen molar-refractivity contribution in [2.24, 2.45) is 5.92 Å². The highest BCUT2D eigenvalue weighted by Crippen LogP contribution is 2.28. The van der Waals surface area contributed by atoms with Crippen LogP contribution in [0.5, 0.6) is 5.88 Å². The largest absolute Gasteiger partial charge is 0.478 e. The molecule has 2 aromatic rings. The Morgan fingerprint density at radius 3 is 2.71 bits per heavy atom. The average Bonchev–Trinajstić information content (AvgIpc) is 3.07. The van der Waals surface area contributed by atoms with Gasteiger partial charge in [-0.2, -0.15) is 5.10 Å². The molecule has 0 unspecified atom stereocenters. The van der Waals surface area contributed by atoms with Gasteiger partial charge < -0.3 is 9.64 Å². The fraction of sp³-hybridized carbons (Fsp3) is 0.533. The van der Waals surface area contributed by atoms with Crippen molar-refractivity contribution in [3.8, 4) is 5.88 Å². The van der Waals surface area contributed by atoms with Gasteiger partial charge in [0.25, 0.3) is 5.88 Å². The van der Waals surface area contributed by atoms with Gasteiger partial charge in [0.05, 0.1) is 7.11 Å². The van der Waals surface area contributed by atoms with Crippen LogP contribution in [0.4, 0.5) is 5.82 Å². The molecule has 3 rings (SSSR count). The van der Waals surface area contributed by atoms with E-state index in [1.54, 1.807) is 19.5 Å². The summed E-state index contributed by atoms with van der Waals surface area (Å²) in [6, 6.07) is 1.98. The van der Waals surface area contributed by atoms with E-state index in [4.69, 9.17) is 4.74 Å². The Morgan fingerprint density at radius 2 is 2.00 bits per heavy atom. The topological polar surface area (TPSA) is 56.1 Å². The van der Waals surface area contributed by atoms with Gasteiger partial charge in [0.15, 0.2) is 5.82 Å². The number of hydrogen-bond acceptors (Lipinski definition) is 5. The number of methoxy groups -OCH3 is 1. The van der Waals surface area contributed by atoms with Crippen molar-refractivity contribution in [1.82, 2.24) is 19.7 Å². The van der Waals surface area contributed by atoms with E-state index in [1.807, 2.05) is 23.1 Å². The van der Waals surface area contributed by atoms with Gasteiger partial charge in [-0.25, -0.2) is 9.97 Å². The second-order valence-corrected chi connectivity index (χ2v) is 5.38. The van der Waals surface area contributed by atoms with Crippen LogP contribution < -0.4 is 9.64 Å². The van der Waals surface area contributed by atoms with E-state index in [1.165, 1.54) is 19.3 Å². The third kappa shape index (κ3) is 3.32. The van der Waals surface area contributed by atoms with Gasteiger partial charge in [0, 0.05) is 44.4 Å². The van der Waals surface area contributed by atoms with Crippen LogP contribution in [-0.4, -0.2) is 39.9 Å². The number of nitrogens with zero attached hydrogens (tertiary/aromatic N) is 5. The average molecular weight is 287 g/mol. The quantitative estimate of drug-likeness (QED) is 0.841. The van der Waals surface area contributed by atoms with Crippen molar-refractivity contribution in [3.63, 3.8) is 0 Å². The molecule has 0 atom stereocenters. The van der Waals surface area contributed by atoms with Gasteiger partial charge in [-0.1, -0.05) is 0 Å². The molecule has 1 saturated heterocycles. The molecule has 1 aliphatic rings. The lowest BCUT2D eigenvalue weighted by atomic mass is 9.93. The summed E-state index contributed by atoms with van der Waals surface area (Å²) >= 11 is 0. The van der Waals surface area contributed by atoms with E-state index in [0.717, 1.165) is 31.4 Å². The zero-order valence-corrected chi connectivity index (χ0v) is 12.4. The first-order chi connectivity index (χ1) is 10.4. The van der Waals surface area contributed by atoms with Crippen LogP contribution in [0.1, 0.15) is 19.3 Å². The molecular weight excluding hydrogens is 266 g/mol. The molecule has 21 heavy (non-hydrogen) atoms. The van der Waals surface area contributed by atoms with Crippen LogP contribution in [0.25, 0.3) is 0 Å². The molecule has 6 heteroatoms. The molecular formula is C15H21N5O. The van der Waals surface area contributed by atoms with Crippen LogP contribution in [0.15, 0.2) is 30.9 Å². The molecule has 2 aromatic heterocycles. The second kappa shape index (κ2) is 6.56. The maximum absolute atomic E-state index is 5.29. The molecule has 0 N–H and O–H groups in total. The molecule has 112 valence electrons.